The molecular weight excluding hydrogens is 418 g/mol. The molecule has 1 heterocycles. The first-order chi connectivity index (χ1) is 13.7. The van der Waals surface area contributed by atoms with Crippen molar-refractivity contribution in [3.63, 3.8) is 0 Å². The number of carbonyl (C=O) groups is 1. The first-order valence-corrected chi connectivity index (χ1v) is 10.9. The van der Waals surface area contributed by atoms with E-state index in [0.717, 1.165) is 11.6 Å². The molecule has 1 amide bonds. The molecule has 0 N–H and O–H groups in total. The highest BCUT2D eigenvalue weighted by Gasteiger charge is 2.30. The summed E-state index contributed by atoms with van der Waals surface area (Å²) >= 11 is 6.10. The third-order valence-corrected chi connectivity index (χ3v) is 7.30. The lowest BCUT2D eigenvalue weighted by atomic mass is 10.1. The van der Waals surface area contributed by atoms with Crippen molar-refractivity contribution in [2.24, 2.45) is 0 Å². The summed E-state index contributed by atoms with van der Waals surface area (Å²) in [5.41, 5.74) is 1.12. The number of fused-ring (bicyclic) bond motifs is 1. The number of non-ortho nitro benzene ring substituents is 1. The Bertz CT molecular complexity index is 1080. The molecule has 0 aromatic heterocycles. The molecule has 0 spiro atoms. The highest BCUT2D eigenvalue weighted by Crippen LogP contribution is 2.33. The van der Waals surface area contributed by atoms with Gasteiger partial charge in [0.15, 0.2) is 0 Å². The normalized spacial score (nSPS) is 13.6. The van der Waals surface area contributed by atoms with E-state index in [1.54, 1.807) is 26.0 Å². The molecule has 2 aromatic carbocycles. The molecule has 0 saturated carbocycles. The van der Waals surface area contributed by atoms with E-state index in [-0.39, 0.29) is 21.2 Å². The maximum absolute atomic E-state index is 13.0. The smallest absolute Gasteiger partial charge is 0.270 e. The Labute approximate surface area is 173 Å². The van der Waals surface area contributed by atoms with Gasteiger partial charge in [0, 0.05) is 37.5 Å². The lowest BCUT2D eigenvalue weighted by Crippen LogP contribution is -2.31. The topological polar surface area (TPSA) is 101 Å². The van der Waals surface area contributed by atoms with Gasteiger partial charge in [0.05, 0.1) is 20.4 Å². The molecule has 3 rings (SSSR count). The van der Waals surface area contributed by atoms with Crippen molar-refractivity contribution in [1.82, 2.24) is 4.31 Å². The number of halogens is 1. The van der Waals surface area contributed by atoms with Gasteiger partial charge in [0.1, 0.15) is 0 Å². The first-order valence-electron chi connectivity index (χ1n) is 9.09. The van der Waals surface area contributed by atoms with Crippen molar-refractivity contribution < 1.29 is 18.1 Å². The van der Waals surface area contributed by atoms with Crippen molar-refractivity contribution in [2.75, 3.05) is 24.5 Å². The molecular formula is C19H20ClN3O5S. The van der Waals surface area contributed by atoms with Crippen LogP contribution in [0.2, 0.25) is 5.02 Å². The Hall–Kier alpha value is -2.49. The predicted octanol–water partition coefficient (Wildman–Crippen LogP) is 3.48. The van der Waals surface area contributed by atoms with Crippen LogP contribution in [0, 0.1) is 10.1 Å². The monoisotopic (exact) mass is 437 g/mol. The number of nitrogens with zero attached hydrogens (tertiary/aromatic N) is 3. The van der Waals surface area contributed by atoms with E-state index in [4.69, 9.17) is 11.6 Å². The molecule has 10 heteroatoms. The van der Waals surface area contributed by atoms with Gasteiger partial charge < -0.3 is 4.90 Å². The summed E-state index contributed by atoms with van der Waals surface area (Å²) in [4.78, 5) is 25.1. The number of carbonyl (C=O) groups excluding carboxylic acids is 1. The SMILES string of the molecule is CCN(CC)S(=O)(=O)c1ccc2c(c1)CCN2C(=O)c1cc([N+](=O)[O-])ccc1Cl. The molecule has 1 aliphatic heterocycles. The van der Waals surface area contributed by atoms with Crippen LogP contribution in [0.4, 0.5) is 11.4 Å². The lowest BCUT2D eigenvalue weighted by Gasteiger charge is -2.20. The number of nitro benzene ring substituents is 1. The number of rotatable bonds is 6. The van der Waals surface area contributed by atoms with Crippen molar-refractivity contribution in [3.8, 4) is 0 Å². The minimum atomic E-state index is -3.60. The highest BCUT2D eigenvalue weighted by molar-refractivity contribution is 7.89. The van der Waals surface area contributed by atoms with Crippen LogP contribution >= 0.6 is 11.6 Å². The number of amides is 1. The quantitative estimate of drug-likeness (QED) is 0.508. The van der Waals surface area contributed by atoms with Gasteiger partial charge in [-0.25, -0.2) is 8.42 Å². The fourth-order valence-electron chi connectivity index (χ4n) is 3.40. The average Bonchev–Trinajstić information content (AvgIpc) is 3.11. The van der Waals surface area contributed by atoms with Crippen LogP contribution in [0.15, 0.2) is 41.3 Å². The lowest BCUT2D eigenvalue weighted by molar-refractivity contribution is -0.384. The van der Waals surface area contributed by atoms with Crippen molar-refractivity contribution in [3.05, 3.63) is 62.7 Å². The second kappa shape index (κ2) is 8.10. The van der Waals surface area contributed by atoms with Gasteiger partial charge in [0.25, 0.3) is 11.6 Å². The average molecular weight is 438 g/mol. The van der Waals surface area contributed by atoms with Gasteiger partial charge in [-0.05, 0) is 36.2 Å². The van der Waals surface area contributed by atoms with Gasteiger partial charge in [-0.15, -0.1) is 0 Å². The second-order valence-electron chi connectivity index (χ2n) is 6.51. The van der Waals surface area contributed by atoms with E-state index in [9.17, 15) is 23.3 Å². The molecule has 0 fully saturated rings. The summed E-state index contributed by atoms with van der Waals surface area (Å²) < 4.78 is 26.9. The maximum atomic E-state index is 13.0. The van der Waals surface area contributed by atoms with Crippen molar-refractivity contribution >= 4 is 38.9 Å². The van der Waals surface area contributed by atoms with Gasteiger partial charge in [0.2, 0.25) is 10.0 Å². The zero-order chi connectivity index (χ0) is 21.3. The standard InChI is InChI=1S/C19H20ClN3O5S/c1-3-21(4-2)29(27,28)15-6-8-18-13(11-15)9-10-22(18)19(24)16-12-14(23(25)26)5-7-17(16)20/h5-8,11-12H,3-4,9-10H2,1-2H3. The summed E-state index contributed by atoms with van der Waals surface area (Å²) in [5, 5.41) is 11.1. The molecule has 154 valence electrons. The van der Waals surface area contributed by atoms with E-state index < -0.39 is 20.9 Å². The molecule has 0 unspecified atom stereocenters. The van der Waals surface area contributed by atoms with Crippen LogP contribution in [0.3, 0.4) is 0 Å². The summed E-state index contributed by atoms with van der Waals surface area (Å²) in [6, 6.07) is 8.38. The number of anilines is 1. The van der Waals surface area contributed by atoms with E-state index in [1.165, 1.54) is 27.4 Å². The molecule has 0 bridgehead atoms. The Morgan fingerprint density at radius 2 is 1.90 bits per heavy atom. The minimum Gasteiger partial charge on any atom is -0.308 e. The highest BCUT2D eigenvalue weighted by atomic mass is 35.5. The van der Waals surface area contributed by atoms with Gasteiger partial charge >= 0.3 is 0 Å². The summed E-state index contributed by atoms with van der Waals surface area (Å²) in [6.07, 6.45) is 0.481. The molecule has 0 aliphatic carbocycles. The Balaban J connectivity index is 1.96. The minimum absolute atomic E-state index is 0.0357. The maximum Gasteiger partial charge on any atom is 0.270 e. The first kappa shape index (κ1) is 21.2. The van der Waals surface area contributed by atoms with Crippen LogP contribution in [0.25, 0.3) is 0 Å². The Morgan fingerprint density at radius 1 is 1.21 bits per heavy atom. The number of hydrogen-bond acceptors (Lipinski definition) is 5. The zero-order valence-corrected chi connectivity index (χ0v) is 17.5. The van der Waals surface area contributed by atoms with Crippen LogP contribution in [-0.2, 0) is 16.4 Å². The van der Waals surface area contributed by atoms with Crippen LogP contribution in [-0.4, -0.2) is 43.2 Å². The van der Waals surface area contributed by atoms with E-state index in [2.05, 4.69) is 0 Å². The third-order valence-electron chi connectivity index (χ3n) is 4.93. The van der Waals surface area contributed by atoms with Gasteiger partial charge in [-0.3, -0.25) is 14.9 Å². The van der Waals surface area contributed by atoms with Crippen LogP contribution in [0.5, 0.6) is 0 Å². The van der Waals surface area contributed by atoms with E-state index in [0.29, 0.717) is 31.7 Å². The molecule has 1 aliphatic rings. The molecule has 29 heavy (non-hydrogen) atoms. The number of benzene rings is 2. The molecule has 0 atom stereocenters. The number of hydrogen-bond donors (Lipinski definition) is 0. The molecule has 0 saturated heterocycles. The van der Waals surface area contributed by atoms with Crippen molar-refractivity contribution in [2.45, 2.75) is 25.2 Å². The second-order valence-corrected chi connectivity index (χ2v) is 8.85. The van der Waals surface area contributed by atoms with Crippen LogP contribution in [0.1, 0.15) is 29.8 Å². The molecule has 0 radical (unpaired) electrons. The summed E-state index contributed by atoms with van der Waals surface area (Å²) in [6.45, 7) is 4.62. The van der Waals surface area contributed by atoms with E-state index in [1.807, 2.05) is 0 Å². The Morgan fingerprint density at radius 3 is 2.52 bits per heavy atom. The Kier molecular flexibility index (Phi) is 5.92. The van der Waals surface area contributed by atoms with Crippen LogP contribution < -0.4 is 4.90 Å². The number of sulfonamides is 1. The third kappa shape index (κ3) is 3.85. The van der Waals surface area contributed by atoms with Gasteiger partial charge in [-0.2, -0.15) is 4.31 Å². The van der Waals surface area contributed by atoms with Gasteiger partial charge in [-0.1, -0.05) is 25.4 Å². The molecule has 8 nitrogen and oxygen atoms in total. The predicted molar refractivity (Wildman–Crippen MR) is 110 cm³/mol. The zero-order valence-electron chi connectivity index (χ0n) is 16.0. The number of nitro groups is 1. The fourth-order valence-corrected chi connectivity index (χ4v) is 5.11. The fraction of sp³-hybridized carbons (Fsp3) is 0.316. The summed E-state index contributed by atoms with van der Waals surface area (Å²) in [5.74, 6) is -0.461. The van der Waals surface area contributed by atoms with Crippen molar-refractivity contribution in [1.29, 1.82) is 0 Å². The summed E-state index contributed by atoms with van der Waals surface area (Å²) in [7, 11) is -3.60. The van der Waals surface area contributed by atoms with E-state index >= 15 is 0 Å². The molecule has 2 aromatic rings. The largest absolute Gasteiger partial charge is 0.308 e.